The number of H-pyrrole nitrogens is 1. The third kappa shape index (κ3) is 1.74. The van der Waals surface area contributed by atoms with Crippen LogP contribution in [-0.2, 0) is 6.42 Å². The molecule has 102 valence electrons. The minimum Gasteiger partial charge on any atom is -0.357 e. The molecule has 1 unspecified atom stereocenters. The minimum atomic E-state index is 0.325. The van der Waals surface area contributed by atoms with Crippen LogP contribution in [0, 0.1) is 13.8 Å². The molecular formula is C17H18N2S. The van der Waals surface area contributed by atoms with Gasteiger partial charge in [-0.15, -0.1) is 11.3 Å². The van der Waals surface area contributed by atoms with E-state index in [0.717, 1.165) is 13.0 Å². The Balaban J connectivity index is 1.93. The van der Waals surface area contributed by atoms with Crippen LogP contribution in [0.1, 0.15) is 33.3 Å². The third-order valence-electron chi connectivity index (χ3n) is 4.27. The molecule has 0 saturated carbocycles. The first-order valence-electron chi connectivity index (χ1n) is 7.12. The van der Waals surface area contributed by atoms with Gasteiger partial charge in [-0.25, -0.2) is 0 Å². The number of thiophene rings is 1. The molecule has 3 aromatic rings. The molecule has 3 heteroatoms. The largest absolute Gasteiger partial charge is 0.357 e. The van der Waals surface area contributed by atoms with Gasteiger partial charge < -0.3 is 10.3 Å². The molecule has 1 aromatic carbocycles. The number of rotatable bonds is 1. The summed E-state index contributed by atoms with van der Waals surface area (Å²) in [6.07, 6.45) is 1.11. The molecule has 0 saturated heterocycles. The number of aromatic nitrogens is 1. The van der Waals surface area contributed by atoms with E-state index < -0.39 is 0 Å². The molecule has 2 nitrogen and oxygen atoms in total. The molecule has 3 heterocycles. The van der Waals surface area contributed by atoms with Crippen LogP contribution in [-0.4, -0.2) is 11.5 Å². The summed E-state index contributed by atoms with van der Waals surface area (Å²) < 4.78 is 0. The van der Waals surface area contributed by atoms with Crippen LogP contribution >= 0.6 is 11.3 Å². The smallest absolute Gasteiger partial charge is 0.0828 e. The van der Waals surface area contributed by atoms with Crippen LogP contribution in [0.4, 0.5) is 0 Å². The summed E-state index contributed by atoms with van der Waals surface area (Å²) in [6, 6.07) is 9.24. The van der Waals surface area contributed by atoms with Gasteiger partial charge in [0, 0.05) is 28.0 Å². The van der Waals surface area contributed by atoms with Crippen LogP contribution in [0.5, 0.6) is 0 Å². The van der Waals surface area contributed by atoms with Crippen molar-refractivity contribution in [3.8, 4) is 0 Å². The van der Waals surface area contributed by atoms with Crippen molar-refractivity contribution in [2.24, 2.45) is 0 Å². The summed E-state index contributed by atoms with van der Waals surface area (Å²) in [4.78, 5) is 5.09. The fraction of sp³-hybridized carbons (Fsp3) is 0.294. The fourth-order valence-corrected chi connectivity index (χ4v) is 4.26. The van der Waals surface area contributed by atoms with Gasteiger partial charge in [0.2, 0.25) is 0 Å². The summed E-state index contributed by atoms with van der Waals surface area (Å²) >= 11 is 1.85. The third-order valence-corrected chi connectivity index (χ3v) is 5.35. The predicted octanol–water partition coefficient (Wildman–Crippen LogP) is 4.08. The van der Waals surface area contributed by atoms with Crippen molar-refractivity contribution in [2.75, 3.05) is 6.54 Å². The summed E-state index contributed by atoms with van der Waals surface area (Å²) in [5, 5.41) is 7.26. The monoisotopic (exact) mass is 282 g/mol. The molecule has 0 fully saturated rings. The Kier molecular flexibility index (Phi) is 2.72. The average Bonchev–Trinajstić information content (AvgIpc) is 3.02. The predicted molar refractivity (Wildman–Crippen MR) is 85.6 cm³/mol. The normalized spacial score (nSPS) is 18.4. The van der Waals surface area contributed by atoms with Gasteiger partial charge in [0.1, 0.15) is 0 Å². The van der Waals surface area contributed by atoms with E-state index in [2.05, 4.69) is 53.8 Å². The van der Waals surface area contributed by atoms with Gasteiger partial charge in [0.25, 0.3) is 0 Å². The van der Waals surface area contributed by atoms with E-state index in [1.54, 1.807) is 0 Å². The van der Waals surface area contributed by atoms with E-state index in [9.17, 15) is 0 Å². The maximum absolute atomic E-state index is 3.67. The second kappa shape index (κ2) is 4.47. The van der Waals surface area contributed by atoms with E-state index in [4.69, 9.17) is 0 Å². The Morgan fingerprint density at radius 2 is 2.10 bits per heavy atom. The van der Waals surface area contributed by atoms with E-state index in [0.29, 0.717) is 6.04 Å². The number of fused-ring (bicyclic) bond motifs is 3. The van der Waals surface area contributed by atoms with Crippen LogP contribution in [0.15, 0.2) is 29.6 Å². The zero-order chi connectivity index (χ0) is 13.7. The molecule has 4 rings (SSSR count). The highest BCUT2D eigenvalue weighted by Gasteiger charge is 2.26. The lowest BCUT2D eigenvalue weighted by Crippen LogP contribution is -2.30. The van der Waals surface area contributed by atoms with Gasteiger partial charge in [-0.05, 0) is 55.0 Å². The molecule has 2 N–H and O–H groups in total. The summed E-state index contributed by atoms with van der Waals surface area (Å²) in [5.41, 5.74) is 6.85. The molecule has 20 heavy (non-hydrogen) atoms. The number of aryl methyl sites for hydroxylation is 2. The summed E-state index contributed by atoms with van der Waals surface area (Å²) in [6.45, 7) is 5.42. The molecule has 1 aliphatic rings. The van der Waals surface area contributed by atoms with Crippen LogP contribution < -0.4 is 5.32 Å². The Hall–Kier alpha value is -1.58. The minimum absolute atomic E-state index is 0.325. The van der Waals surface area contributed by atoms with Crippen molar-refractivity contribution in [3.05, 3.63) is 56.9 Å². The number of benzene rings is 1. The summed E-state index contributed by atoms with van der Waals surface area (Å²) in [7, 11) is 0. The van der Waals surface area contributed by atoms with E-state index >= 15 is 0 Å². The number of hydrogen-bond acceptors (Lipinski definition) is 2. The highest BCUT2D eigenvalue weighted by atomic mass is 32.1. The quantitative estimate of drug-likeness (QED) is 0.691. The van der Waals surface area contributed by atoms with Gasteiger partial charge in [0.05, 0.1) is 6.04 Å². The Bertz CT molecular complexity index is 781. The average molecular weight is 282 g/mol. The first-order chi connectivity index (χ1) is 9.74. The first kappa shape index (κ1) is 12.2. The van der Waals surface area contributed by atoms with Crippen molar-refractivity contribution in [2.45, 2.75) is 26.3 Å². The van der Waals surface area contributed by atoms with Gasteiger partial charge in [-0.3, -0.25) is 0 Å². The zero-order valence-corrected chi connectivity index (χ0v) is 12.6. The zero-order valence-electron chi connectivity index (χ0n) is 11.8. The standard InChI is InChI=1S/C17H18N2S/c1-10-3-4-14-13(9-10)12-5-7-18-16(15(12)19-14)17-11(2)6-8-20-17/h3-4,6,8-9,16,18-19H,5,7H2,1-2H3. The lowest BCUT2D eigenvalue weighted by atomic mass is 9.97. The Morgan fingerprint density at radius 1 is 1.20 bits per heavy atom. The van der Waals surface area contributed by atoms with Gasteiger partial charge in [0.15, 0.2) is 0 Å². The van der Waals surface area contributed by atoms with Crippen molar-refractivity contribution in [1.82, 2.24) is 10.3 Å². The van der Waals surface area contributed by atoms with Crippen LogP contribution in [0.25, 0.3) is 10.9 Å². The molecule has 2 aromatic heterocycles. The molecule has 0 aliphatic carbocycles. The van der Waals surface area contributed by atoms with Crippen molar-refractivity contribution < 1.29 is 0 Å². The van der Waals surface area contributed by atoms with E-state index in [1.807, 2.05) is 11.3 Å². The molecular weight excluding hydrogens is 264 g/mol. The second-order valence-electron chi connectivity index (χ2n) is 5.67. The highest BCUT2D eigenvalue weighted by Crippen LogP contribution is 2.36. The fourth-order valence-electron chi connectivity index (χ4n) is 3.25. The van der Waals surface area contributed by atoms with Crippen LogP contribution in [0.2, 0.25) is 0 Å². The molecule has 0 bridgehead atoms. The Morgan fingerprint density at radius 3 is 2.90 bits per heavy atom. The molecule has 1 aliphatic heterocycles. The van der Waals surface area contributed by atoms with E-state index in [-0.39, 0.29) is 0 Å². The topological polar surface area (TPSA) is 27.8 Å². The maximum Gasteiger partial charge on any atom is 0.0828 e. The second-order valence-corrected chi connectivity index (χ2v) is 6.62. The molecule has 0 amide bonds. The molecule has 0 radical (unpaired) electrons. The SMILES string of the molecule is Cc1ccc2[nH]c3c(c2c1)CCNC3c1sccc1C. The van der Waals surface area contributed by atoms with Gasteiger partial charge >= 0.3 is 0 Å². The van der Waals surface area contributed by atoms with Gasteiger partial charge in [-0.2, -0.15) is 0 Å². The lowest BCUT2D eigenvalue weighted by molar-refractivity contribution is 0.565. The Labute approximate surface area is 122 Å². The number of nitrogens with one attached hydrogen (secondary N) is 2. The highest BCUT2D eigenvalue weighted by molar-refractivity contribution is 7.10. The maximum atomic E-state index is 3.67. The van der Waals surface area contributed by atoms with Crippen molar-refractivity contribution >= 4 is 22.2 Å². The number of hydrogen-bond donors (Lipinski definition) is 2. The number of aromatic amines is 1. The van der Waals surface area contributed by atoms with Crippen molar-refractivity contribution in [3.63, 3.8) is 0 Å². The lowest BCUT2D eigenvalue weighted by Gasteiger charge is -2.24. The van der Waals surface area contributed by atoms with Crippen LogP contribution in [0.3, 0.4) is 0 Å². The van der Waals surface area contributed by atoms with Gasteiger partial charge in [-0.1, -0.05) is 11.6 Å². The molecule has 1 atom stereocenters. The molecule has 0 spiro atoms. The van der Waals surface area contributed by atoms with E-state index in [1.165, 1.54) is 38.2 Å². The first-order valence-corrected chi connectivity index (χ1v) is 8.00. The van der Waals surface area contributed by atoms with Crippen molar-refractivity contribution in [1.29, 1.82) is 0 Å². The summed E-state index contributed by atoms with van der Waals surface area (Å²) in [5.74, 6) is 0.